The van der Waals surface area contributed by atoms with Crippen molar-refractivity contribution in [3.63, 3.8) is 0 Å². The third-order valence-electron chi connectivity index (χ3n) is 4.12. The van der Waals surface area contributed by atoms with Crippen LogP contribution in [0.25, 0.3) is 0 Å². The maximum Gasteiger partial charge on any atom is 0.161 e. The first-order valence-corrected chi connectivity index (χ1v) is 8.94. The van der Waals surface area contributed by atoms with Crippen molar-refractivity contribution in [1.82, 2.24) is 0 Å². The van der Waals surface area contributed by atoms with Crippen LogP contribution in [0.15, 0.2) is 42.5 Å². The Morgan fingerprint density at radius 3 is 2.44 bits per heavy atom. The number of para-hydroxylation sites is 1. The Labute approximate surface area is 150 Å². The Balaban J connectivity index is 2.24. The van der Waals surface area contributed by atoms with Gasteiger partial charge in [-0.05, 0) is 55.6 Å². The number of rotatable bonds is 10. The maximum atomic E-state index is 6.08. The first-order valence-electron chi connectivity index (χ1n) is 8.94. The quantitative estimate of drug-likeness (QED) is 0.703. The van der Waals surface area contributed by atoms with Crippen molar-refractivity contribution in [3.8, 4) is 17.2 Å². The second kappa shape index (κ2) is 9.94. The molecule has 2 aromatic carbocycles. The molecule has 0 heterocycles. The minimum Gasteiger partial charge on any atom is -0.494 e. The molecule has 0 aliphatic carbocycles. The molecule has 0 amide bonds. The normalized spacial score (nSPS) is 11.8. The molecule has 0 saturated carbocycles. The standard InChI is InChI=1S/C21H29NO3/c1-4-12-25-21-14-16(10-11-20(21)23-3)13-17(15-22)18-8-6-7-9-19(18)24-5-2/h6-11,14,17H,4-5,12-13,15,22H2,1-3H3. The van der Waals surface area contributed by atoms with Gasteiger partial charge in [-0.25, -0.2) is 0 Å². The molecule has 1 atom stereocenters. The number of hydrogen-bond acceptors (Lipinski definition) is 4. The topological polar surface area (TPSA) is 53.7 Å². The van der Waals surface area contributed by atoms with Crippen LogP contribution < -0.4 is 19.9 Å². The monoisotopic (exact) mass is 343 g/mol. The van der Waals surface area contributed by atoms with Crippen molar-refractivity contribution < 1.29 is 14.2 Å². The molecule has 0 fully saturated rings. The zero-order chi connectivity index (χ0) is 18.1. The summed E-state index contributed by atoms with van der Waals surface area (Å²) in [5.74, 6) is 2.65. The van der Waals surface area contributed by atoms with Crippen LogP contribution in [0, 0.1) is 0 Å². The molecule has 136 valence electrons. The summed E-state index contributed by atoms with van der Waals surface area (Å²) in [5.41, 5.74) is 8.41. The fourth-order valence-electron chi connectivity index (χ4n) is 2.88. The molecule has 0 aromatic heterocycles. The van der Waals surface area contributed by atoms with Crippen LogP contribution in [0.5, 0.6) is 17.2 Å². The first-order chi connectivity index (χ1) is 12.2. The van der Waals surface area contributed by atoms with Crippen molar-refractivity contribution >= 4 is 0 Å². The van der Waals surface area contributed by atoms with Gasteiger partial charge in [-0.3, -0.25) is 0 Å². The Morgan fingerprint density at radius 1 is 0.960 bits per heavy atom. The minimum absolute atomic E-state index is 0.190. The van der Waals surface area contributed by atoms with Crippen molar-refractivity contribution in [2.45, 2.75) is 32.6 Å². The molecule has 25 heavy (non-hydrogen) atoms. The Bertz CT molecular complexity index is 657. The Hall–Kier alpha value is -2.20. The van der Waals surface area contributed by atoms with Gasteiger partial charge in [-0.15, -0.1) is 0 Å². The average Bonchev–Trinajstić information content (AvgIpc) is 2.65. The van der Waals surface area contributed by atoms with E-state index in [2.05, 4.69) is 25.1 Å². The molecule has 0 bridgehead atoms. The van der Waals surface area contributed by atoms with E-state index in [1.54, 1.807) is 7.11 Å². The number of benzene rings is 2. The average molecular weight is 343 g/mol. The van der Waals surface area contributed by atoms with E-state index >= 15 is 0 Å². The van der Waals surface area contributed by atoms with E-state index in [4.69, 9.17) is 19.9 Å². The lowest BCUT2D eigenvalue weighted by atomic mass is 9.91. The highest BCUT2D eigenvalue weighted by atomic mass is 16.5. The van der Waals surface area contributed by atoms with Gasteiger partial charge in [0.05, 0.1) is 20.3 Å². The molecule has 2 rings (SSSR count). The van der Waals surface area contributed by atoms with Gasteiger partial charge in [0.25, 0.3) is 0 Å². The lowest BCUT2D eigenvalue weighted by molar-refractivity contribution is 0.294. The van der Waals surface area contributed by atoms with Gasteiger partial charge < -0.3 is 19.9 Å². The predicted molar refractivity (Wildman–Crippen MR) is 102 cm³/mol. The maximum absolute atomic E-state index is 6.08. The van der Waals surface area contributed by atoms with Gasteiger partial charge in [0, 0.05) is 5.92 Å². The van der Waals surface area contributed by atoms with Crippen LogP contribution >= 0.6 is 0 Å². The number of nitrogens with two attached hydrogens (primary N) is 1. The molecule has 0 spiro atoms. The van der Waals surface area contributed by atoms with E-state index in [0.717, 1.165) is 35.7 Å². The van der Waals surface area contributed by atoms with Crippen LogP contribution in [0.2, 0.25) is 0 Å². The zero-order valence-electron chi connectivity index (χ0n) is 15.5. The van der Waals surface area contributed by atoms with Crippen molar-refractivity contribution in [2.24, 2.45) is 5.73 Å². The summed E-state index contributed by atoms with van der Waals surface area (Å²) in [7, 11) is 1.66. The van der Waals surface area contributed by atoms with Gasteiger partial charge in [0.1, 0.15) is 5.75 Å². The van der Waals surface area contributed by atoms with Crippen LogP contribution in [0.4, 0.5) is 0 Å². The van der Waals surface area contributed by atoms with Crippen LogP contribution in [-0.2, 0) is 6.42 Å². The highest BCUT2D eigenvalue weighted by Gasteiger charge is 2.16. The van der Waals surface area contributed by atoms with Crippen LogP contribution in [-0.4, -0.2) is 26.9 Å². The van der Waals surface area contributed by atoms with Gasteiger partial charge in [0.2, 0.25) is 0 Å². The van der Waals surface area contributed by atoms with Gasteiger partial charge in [-0.2, -0.15) is 0 Å². The summed E-state index contributed by atoms with van der Waals surface area (Å²) in [4.78, 5) is 0. The third-order valence-corrected chi connectivity index (χ3v) is 4.12. The lowest BCUT2D eigenvalue weighted by Gasteiger charge is -2.20. The number of methoxy groups -OCH3 is 1. The van der Waals surface area contributed by atoms with E-state index in [1.807, 2.05) is 31.2 Å². The van der Waals surface area contributed by atoms with Crippen LogP contribution in [0.3, 0.4) is 0 Å². The van der Waals surface area contributed by atoms with Crippen molar-refractivity contribution in [1.29, 1.82) is 0 Å². The summed E-state index contributed by atoms with van der Waals surface area (Å²) in [5, 5.41) is 0. The predicted octanol–water partition coefficient (Wildman–Crippen LogP) is 4.17. The van der Waals surface area contributed by atoms with Gasteiger partial charge >= 0.3 is 0 Å². The SMILES string of the molecule is CCCOc1cc(CC(CN)c2ccccc2OCC)ccc1OC. The molecule has 2 aromatic rings. The number of ether oxygens (including phenoxy) is 3. The van der Waals surface area contributed by atoms with Crippen molar-refractivity contribution in [2.75, 3.05) is 26.9 Å². The first kappa shape index (κ1) is 19.1. The summed E-state index contributed by atoms with van der Waals surface area (Å²) in [6, 6.07) is 14.2. The van der Waals surface area contributed by atoms with Crippen molar-refractivity contribution in [3.05, 3.63) is 53.6 Å². The van der Waals surface area contributed by atoms with Gasteiger partial charge in [-0.1, -0.05) is 31.2 Å². The fraction of sp³-hybridized carbons (Fsp3) is 0.429. The molecular formula is C21H29NO3. The highest BCUT2D eigenvalue weighted by Crippen LogP contribution is 2.33. The molecule has 4 heteroatoms. The van der Waals surface area contributed by atoms with E-state index < -0.39 is 0 Å². The van der Waals surface area contributed by atoms with Gasteiger partial charge in [0.15, 0.2) is 11.5 Å². The molecule has 0 saturated heterocycles. The van der Waals surface area contributed by atoms with E-state index in [9.17, 15) is 0 Å². The Morgan fingerprint density at radius 2 is 1.76 bits per heavy atom. The van der Waals surface area contributed by atoms with Crippen LogP contribution in [0.1, 0.15) is 37.3 Å². The molecule has 0 radical (unpaired) electrons. The van der Waals surface area contributed by atoms with E-state index in [1.165, 1.54) is 5.56 Å². The molecular weight excluding hydrogens is 314 g/mol. The molecule has 0 aliphatic rings. The summed E-state index contributed by atoms with van der Waals surface area (Å²) < 4.78 is 17.0. The lowest BCUT2D eigenvalue weighted by Crippen LogP contribution is -2.16. The van der Waals surface area contributed by atoms with E-state index in [-0.39, 0.29) is 5.92 Å². The fourth-order valence-corrected chi connectivity index (χ4v) is 2.88. The second-order valence-corrected chi connectivity index (χ2v) is 5.94. The summed E-state index contributed by atoms with van der Waals surface area (Å²) in [6.45, 7) is 5.96. The Kier molecular flexibility index (Phi) is 7.61. The minimum atomic E-state index is 0.190. The number of hydrogen-bond donors (Lipinski definition) is 1. The largest absolute Gasteiger partial charge is 0.494 e. The molecule has 4 nitrogen and oxygen atoms in total. The highest BCUT2D eigenvalue weighted by molar-refractivity contribution is 5.44. The summed E-state index contributed by atoms with van der Waals surface area (Å²) >= 11 is 0. The summed E-state index contributed by atoms with van der Waals surface area (Å²) in [6.07, 6.45) is 1.79. The zero-order valence-corrected chi connectivity index (χ0v) is 15.5. The van der Waals surface area contributed by atoms with E-state index in [0.29, 0.717) is 19.8 Å². The molecule has 0 aliphatic heterocycles. The second-order valence-electron chi connectivity index (χ2n) is 5.94. The third kappa shape index (κ3) is 5.13. The smallest absolute Gasteiger partial charge is 0.161 e. The molecule has 2 N–H and O–H groups in total. The molecule has 1 unspecified atom stereocenters.